The quantitative estimate of drug-likeness (QED) is 0.856. The number of nitrogens with one attached hydrogen (secondary N) is 1. The van der Waals surface area contributed by atoms with E-state index in [0.29, 0.717) is 25.1 Å². The van der Waals surface area contributed by atoms with Crippen LogP contribution in [-0.4, -0.2) is 33.4 Å². The molecule has 1 unspecified atom stereocenters. The van der Waals surface area contributed by atoms with Crippen LogP contribution in [0.15, 0.2) is 24.3 Å². The van der Waals surface area contributed by atoms with Gasteiger partial charge in [0.2, 0.25) is 0 Å². The number of carbonyl (C=O) groups excluding carboxylic acids is 1. The van der Waals surface area contributed by atoms with Crippen molar-refractivity contribution < 1.29 is 9.90 Å². The molecule has 1 aromatic heterocycles. The Morgan fingerprint density at radius 3 is 2.95 bits per heavy atom. The molecule has 0 fully saturated rings. The van der Waals surface area contributed by atoms with E-state index in [1.165, 1.54) is 0 Å². The van der Waals surface area contributed by atoms with Crippen molar-refractivity contribution in [2.75, 3.05) is 6.54 Å². The van der Waals surface area contributed by atoms with Gasteiger partial charge in [-0.3, -0.25) is 9.48 Å². The van der Waals surface area contributed by atoms with Crippen LogP contribution in [0, 0.1) is 0 Å². The molecule has 0 spiro atoms. The Kier molecular flexibility index (Phi) is 4.16. The number of carbonyl (C=O) groups is 1. The summed E-state index contributed by atoms with van der Waals surface area (Å²) in [6, 6.07) is 7.63. The molecule has 5 nitrogen and oxygen atoms in total. The van der Waals surface area contributed by atoms with Crippen LogP contribution in [0.3, 0.4) is 0 Å². The molecular formula is C14H19N3O2. The molecule has 102 valence electrons. The third-order valence-electron chi connectivity index (χ3n) is 3.21. The number of benzene rings is 1. The van der Waals surface area contributed by atoms with E-state index < -0.39 is 0 Å². The highest BCUT2D eigenvalue weighted by atomic mass is 16.3. The van der Waals surface area contributed by atoms with Gasteiger partial charge in [0.05, 0.1) is 11.6 Å². The van der Waals surface area contributed by atoms with Gasteiger partial charge in [0.25, 0.3) is 5.91 Å². The van der Waals surface area contributed by atoms with E-state index in [1.807, 2.05) is 38.2 Å². The Bertz CT molecular complexity index is 577. The SMILES string of the molecule is CCC(O)CCNC(=O)c1nn(C)c2ccccc12. The molecule has 0 aliphatic carbocycles. The zero-order valence-corrected chi connectivity index (χ0v) is 11.3. The van der Waals surface area contributed by atoms with Gasteiger partial charge in [-0.2, -0.15) is 5.10 Å². The molecule has 0 bridgehead atoms. The molecule has 0 radical (unpaired) electrons. The van der Waals surface area contributed by atoms with E-state index in [2.05, 4.69) is 10.4 Å². The number of aliphatic hydroxyl groups excluding tert-OH is 1. The average Bonchev–Trinajstić information content (AvgIpc) is 2.76. The summed E-state index contributed by atoms with van der Waals surface area (Å²) in [5.41, 5.74) is 1.37. The first kappa shape index (κ1) is 13.5. The Labute approximate surface area is 112 Å². The van der Waals surface area contributed by atoms with Crippen LogP contribution in [0.2, 0.25) is 0 Å². The van der Waals surface area contributed by atoms with Crippen molar-refractivity contribution >= 4 is 16.8 Å². The van der Waals surface area contributed by atoms with Crippen molar-refractivity contribution in [2.24, 2.45) is 7.05 Å². The van der Waals surface area contributed by atoms with Gasteiger partial charge >= 0.3 is 0 Å². The number of aromatic nitrogens is 2. The maximum atomic E-state index is 12.1. The number of hydrogen-bond acceptors (Lipinski definition) is 3. The number of nitrogens with zero attached hydrogens (tertiary/aromatic N) is 2. The number of aliphatic hydroxyl groups is 1. The predicted octanol–water partition coefficient (Wildman–Crippen LogP) is 1.46. The largest absolute Gasteiger partial charge is 0.393 e. The molecule has 1 aromatic carbocycles. The Morgan fingerprint density at radius 2 is 2.21 bits per heavy atom. The summed E-state index contributed by atoms with van der Waals surface area (Å²) in [4.78, 5) is 12.1. The first-order valence-electron chi connectivity index (χ1n) is 6.51. The van der Waals surface area contributed by atoms with Gasteiger partial charge in [-0.05, 0) is 18.9 Å². The van der Waals surface area contributed by atoms with E-state index in [-0.39, 0.29) is 12.0 Å². The smallest absolute Gasteiger partial charge is 0.272 e. The van der Waals surface area contributed by atoms with E-state index in [4.69, 9.17) is 0 Å². The van der Waals surface area contributed by atoms with Gasteiger partial charge in [-0.1, -0.05) is 25.1 Å². The highest BCUT2D eigenvalue weighted by Gasteiger charge is 2.15. The van der Waals surface area contributed by atoms with Crippen LogP contribution in [0.25, 0.3) is 10.9 Å². The highest BCUT2D eigenvalue weighted by molar-refractivity contribution is 6.04. The van der Waals surface area contributed by atoms with Crippen LogP contribution in [-0.2, 0) is 7.05 Å². The maximum Gasteiger partial charge on any atom is 0.272 e. The molecule has 2 aromatic rings. The maximum absolute atomic E-state index is 12.1. The fourth-order valence-electron chi connectivity index (χ4n) is 2.02. The molecular weight excluding hydrogens is 242 g/mol. The lowest BCUT2D eigenvalue weighted by Gasteiger charge is -2.07. The van der Waals surface area contributed by atoms with Crippen molar-refractivity contribution in [3.05, 3.63) is 30.0 Å². The van der Waals surface area contributed by atoms with E-state index in [1.54, 1.807) is 4.68 Å². The Hall–Kier alpha value is -1.88. The molecule has 1 amide bonds. The van der Waals surface area contributed by atoms with Crippen molar-refractivity contribution in [1.29, 1.82) is 0 Å². The molecule has 2 rings (SSSR count). The van der Waals surface area contributed by atoms with Crippen molar-refractivity contribution in [3.63, 3.8) is 0 Å². The molecule has 5 heteroatoms. The minimum Gasteiger partial charge on any atom is -0.393 e. The Balaban J connectivity index is 2.09. The lowest BCUT2D eigenvalue weighted by molar-refractivity contribution is 0.0938. The molecule has 0 aliphatic rings. The fraction of sp³-hybridized carbons (Fsp3) is 0.429. The molecule has 1 heterocycles. The van der Waals surface area contributed by atoms with Gasteiger partial charge in [-0.25, -0.2) is 0 Å². The second-order valence-corrected chi connectivity index (χ2v) is 4.60. The van der Waals surface area contributed by atoms with Crippen LogP contribution in [0.4, 0.5) is 0 Å². The summed E-state index contributed by atoms with van der Waals surface area (Å²) in [6.45, 7) is 2.37. The number of rotatable bonds is 5. The minimum absolute atomic E-state index is 0.194. The third-order valence-corrected chi connectivity index (χ3v) is 3.21. The predicted molar refractivity (Wildman–Crippen MR) is 74.0 cm³/mol. The summed E-state index contributed by atoms with van der Waals surface area (Å²) in [6.07, 6.45) is 0.899. The molecule has 2 N–H and O–H groups in total. The lowest BCUT2D eigenvalue weighted by Crippen LogP contribution is -2.27. The summed E-state index contributed by atoms with van der Waals surface area (Å²) < 4.78 is 1.70. The minimum atomic E-state index is -0.360. The van der Waals surface area contributed by atoms with E-state index >= 15 is 0 Å². The van der Waals surface area contributed by atoms with Gasteiger partial charge in [0, 0.05) is 19.0 Å². The summed E-state index contributed by atoms with van der Waals surface area (Å²) in [7, 11) is 1.82. The number of hydrogen-bond donors (Lipinski definition) is 2. The number of amides is 1. The summed E-state index contributed by atoms with van der Waals surface area (Å²) in [5, 5.41) is 17.3. The first-order valence-corrected chi connectivity index (χ1v) is 6.51. The van der Waals surface area contributed by atoms with Gasteiger partial charge in [0.15, 0.2) is 5.69 Å². The number of aryl methyl sites for hydroxylation is 1. The zero-order valence-electron chi connectivity index (χ0n) is 11.3. The first-order chi connectivity index (χ1) is 9.13. The van der Waals surface area contributed by atoms with E-state index in [9.17, 15) is 9.90 Å². The summed E-state index contributed by atoms with van der Waals surface area (Å²) in [5.74, 6) is -0.194. The second kappa shape index (κ2) is 5.84. The molecule has 19 heavy (non-hydrogen) atoms. The highest BCUT2D eigenvalue weighted by Crippen LogP contribution is 2.17. The van der Waals surface area contributed by atoms with Crippen LogP contribution in [0.5, 0.6) is 0 Å². The number of fused-ring (bicyclic) bond motifs is 1. The average molecular weight is 261 g/mol. The van der Waals surface area contributed by atoms with Gasteiger partial charge in [-0.15, -0.1) is 0 Å². The fourth-order valence-corrected chi connectivity index (χ4v) is 2.02. The van der Waals surface area contributed by atoms with Crippen LogP contribution >= 0.6 is 0 Å². The molecule has 1 atom stereocenters. The standard InChI is InChI=1S/C14H19N3O2/c1-3-10(18)8-9-15-14(19)13-11-6-4-5-7-12(11)17(2)16-13/h4-7,10,18H,3,8-9H2,1-2H3,(H,15,19). The van der Waals surface area contributed by atoms with Crippen molar-refractivity contribution in [2.45, 2.75) is 25.9 Å². The topological polar surface area (TPSA) is 67.2 Å². The van der Waals surface area contributed by atoms with E-state index in [0.717, 1.165) is 10.9 Å². The summed E-state index contributed by atoms with van der Waals surface area (Å²) >= 11 is 0. The van der Waals surface area contributed by atoms with Crippen LogP contribution in [0.1, 0.15) is 30.3 Å². The molecule has 0 saturated heterocycles. The number of para-hydroxylation sites is 1. The lowest BCUT2D eigenvalue weighted by atomic mass is 10.2. The zero-order chi connectivity index (χ0) is 13.8. The van der Waals surface area contributed by atoms with Crippen molar-refractivity contribution in [1.82, 2.24) is 15.1 Å². The van der Waals surface area contributed by atoms with Crippen molar-refractivity contribution in [3.8, 4) is 0 Å². The Morgan fingerprint density at radius 1 is 1.47 bits per heavy atom. The molecule has 0 aliphatic heterocycles. The third kappa shape index (κ3) is 2.93. The van der Waals surface area contributed by atoms with Gasteiger partial charge in [0.1, 0.15) is 0 Å². The molecule has 0 saturated carbocycles. The second-order valence-electron chi connectivity index (χ2n) is 4.60. The van der Waals surface area contributed by atoms with Crippen LogP contribution < -0.4 is 5.32 Å². The normalized spacial score (nSPS) is 12.6. The van der Waals surface area contributed by atoms with Gasteiger partial charge < -0.3 is 10.4 Å². The monoisotopic (exact) mass is 261 g/mol.